The highest BCUT2D eigenvalue weighted by Crippen LogP contribution is 2.20. The van der Waals surface area contributed by atoms with Gasteiger partial charge in [0, 0.05) is 5.69 Å². The van der Waals surface area contributed by atoms with Crippen molar-refractivity contribution in [2.45, 2.75) is 19.9 Å². The second-order valence-electron chi connectivity index (χ2n) is 5.83. The number of benzene rings is 2. The molecule has 1 atom stereocenters. The van der Waals surface area contributed by atoms with Crippen LogP contribution in [-0.4, -0.2) is 22.1 Å². The van der Waals surface area contributed by atoms with E-state index < -0.39 is 0 Å². The zero-order chi connectivity index (χ0) is 18.5. The summed E-state index contributed by atoms with van der Waals surface area (Å²) in [6, 6.07) is 13.3. The number of nitrogens with one attached hydrogen (secondary N) is 1. The number of hydrogen-bond acceptors (Lipinski definition) is 3. The molecule has 0 fully saturated rings. The second kappa shape index (κ2) is 7.82. The largest absolute Gasteiger partial charge is 0.494 e. The molecule has 6 heteroatoms. The predicted molar refractivity (Wildman–Crippen MR) is 97.0 cm³/mol. The summed E-state index contributed by atoms with van der Waals surface area (Å²) in [6.07, 6.45) is 3.02. The van der Waals surface area contributed by atoms with Crippen molar-refractivity contribution >= 4 is 5.91 Å². The molecule has 0 bridgehead atoms. The number of ether oxygens (including phenoxy) is 1. The first-order chi connectivity index (χ1) is 12.6. The Balaban J connectivity index is 1.77. The lowest BCUT2D eigenvalue weighted by atomic mass is 10.1. The summed E-state index contributed by atoms with van der Waals surface area (Å²) in [4.78, 5) is 16.7. The Morgan fingerprint density at radius 2 is 2.04 bits per heavy atom. The summed E-state index contributed by atoms with van der Waals surface area (Å²) in [7, 11) is 0. The SMILES string of the molecule is CCOc1cccc(C(C)NC(=O)c2cncn2-c2ccc(F)cc2)c1. The van der Waals surface area contributed by atoms with E-state index in [-0.39, 0.29) is 17.8 Å². The number of carbonyl (C=O) groups is 1. The smallest absolute Gasteiger partial charge is 0.270 e. The van der Waals surface area contributed by atoms with Gasteiger partial charge in [0.05, 0.1) is 25.2 Å². The minimum absolute atomic E-state index is 0.209. The van der Waals surface area contributed by atoms with Gasteiger partial charge in [-0.15, -0.1) is 0 Å². The van der Waals surface area contributed by atoms with Crippen molar-refractivity contribution in [2.24, 2.45) is 0 Å². The summed E-state index contributed by atoms with van der Waals surface area (Å²) >= 11 is 0. The lowest BCUT2D eigenvalue weighted by Crippen LogP contribution is -2.28. The van der Waals surface area contributed by atoms with Crippen molar-refractivity contribution in [1.29, 1.82) is 0 Å². The van der Waals surface area contributed by atoms with E-state index in [0.29, 0.717) is 18.0 Å². The maximum Gasteiger partial charge on any atom is 0.270 e. The molecule has 1 heterocycles. The molecule has 0 saturated carbocycles. The fourth-order valence-corrected chi connectivity index (χ4v) is 2.66. The van der Waals surface area contributed by atoms with Crippen molar-refractivity contribution in [2.75, 3.05) is 6.61 Å². The number of carbonyl (C=O) groups excluding carboxylic acids is 1. The number of aromatic nitrogens is 2. The Morgan fingerprint density at radius 3 is 2.77 bits per heavy atom. The molecule has 2 aromatic carbocycles. The summed E-state index contributed by atoms with van der Waals surface area (Å²) in [5, 5.41) is 2.96. The fraction of sp³-hybridized carbons (Fsp3) is 0.200. The van der Waals surface area contributed by atoms with Crippen molar-refractivity contribution in [3.8, 4) is 11.4 Å². The first kappa shape index (κ1) is 17.7. The monoisotopic (exact) mass is 353 g/mol. The van der Waals surface area contributed by atoms with E-state index in [1.54, 1.807) is 16.7 Å². The number of halogens is 1. The molecular weight excluding hydrogens is 333 g/mol. The van der Waals surface area contributed by atoms with Gasteiger partial charge in [-0.3, -0.25) is 9.36 Å². The molecule has 1 aromatic heterocycles. The molecule has 5 nitrogen and oxygen atoms in total. The van der Waals surface area contributed by atoms with Gasteiger partial charge >= 0.3 is 0 Å². The lowest BCUT2D eigenvalue weighted by molar-refractivity contribution is 0.0933. The molecule has 0 radical (unpaired) electrons. The van der Waals surface area contributed by atoms with Crippen molar-refractivity contribution < 1.29 is 13.9 Å². The van der Waals surface area contributed by atoms with Gasteiger partial charge in [-0.25, -0.2) is 9.37 Å². The Morgan fingerprint density at radius 1 is 1.27 bits per heavy atom. The van der Waals surface area contributed by atoms with Gasteiger partial charge in [0.15, 0.2) is 0 Å². The molecule has 1 N–H and O–H groups in total. The van der Waals surface area contributed by atoms with E-state index >= 15 is 0 Å². The molecule has 0 spiro atoms. The summed E-state index contributed by atoms with van der Waals surface area (Å²) < 4.78 is 20.2. The van der Waals surface area contributed by atoms with Gasteiger partial charge in [0.25, 0.3) is 5.91 Å². The number of hydrogen-bond donors (Lipinski definition) is 1. The van der Waals surface area contributed by atoms with Gasteiger partial charge < -0.3 is 10.1 Å². The van der Waals surface area contributed by atoms with Crippen LogP contribution >= 0.6 is 0 Å². The van der Waals surface area contributed by atoms with E-state index in [4.69, 9.17) is 4.74 Å². The Labute approximate surface area is 151 Å². The van der Waals surface area contributed by atoms with Gasteiger partial charge in [0.1, 0.15) is 17.3 Å². The maximum atomic E-state index is 13.1. The van der Waals surface area contributed by atoms with Gasteiger partial charge in [0.2, 0.25) is 0 Å². The molecular formula is C20H20FN3O2. The molecule has 0 saturated heterocycles. The third-order valence-corrected chi connectivity index (χ3v) is 3.99. The van der Waals surface area contributed by atoms with E-state index in [2.05, 4.69) is 10.3 Å². The molecule has 0 aliphatic heterocycles. The van der Waals surface area contributed by atoms with E-state index in [1.807, 2.05) is 38.1 Å². The van der Waals surface area contributed by atoms with Gasteiger partial charge in [-0.05, 0) is 55.8 Å². The average molecular weight is 353 g/mol. The molecule has 1 amide bonds. The Hall–Kier alpha value is -3.15. The third kappa shape index (κ3) is 3.91. The summed E-state index contributed by atoms with van der Waals surface area (Å²) in [6.45, 7) is 4.41. The Kier molecular flexibility index (Phi) is 5.31. The normalized spacial score (nSPS) is 11.8. The Bertz CT molecular complexity index is 890. The van der Waals surface area contributed by atoms with Crippen LogP contribution in [0.2, 0.25) is 0 Å². The standard InChI is InChI=1S/C20H20FN3O2/c1-3-26-18-6-4-5-15(11-18)14(2)23-20(25)19-12-22-13-24(19)17-9-7-16(21)8-10-17/h4-14H,3H2,1-2H3,(H,23,25). The van der Waals surface area contributed by atoms with Crippen LogP contribution in [0.4, 0.5) is 4.39 Å². The average Bonchev–Trinajstić information content (AvgIpc) is 3.13. The van der Waals surface area contributed by atoms with Crippen LogP contribution in [0.1, 0.15) is 35.9 Å². The van der Waals surface area contributed by atoms with E-state index in [1.165, 1.54) is 24.7 Å². The van der Waals surface area contributed by atoms with Crippen molar-refractivity contribution in [1.82, 2.24) is 14.9 Å². The van der Waals surface area contributed by atoms with Crippen LogP contribution in [-0.2, 0) is 0 Å². The highest BCUT2D eigenvalue weighted by atomic mass is 19.1. The van der Waals surface area contributed by atoms with E-state index in [9.17, 15) is 9.18 Å². The van der Waals surface area contributed by atoms with Crippen LogP contribution in [0.3, 0.4) is 0 Å². The molecule has 1 unspecified atom stereocenters. The zero-order valence-corrected chi connectivity index (χ0v) is 14.6. The van der Waals surface area contributed by atoms with Crippen LogP contribution in [0.25, 0.3) is 5.69 Å². The first-order valence-electron chi connectivity index (χ1n) is 8.40. The minimum Gasteiger partial charge on any atom is -0.494 e. The quantitative estimate of drug-likeness (QED) is 0.731. The second-order valence-corrected chi connectivity index (χ2v) is 5.83. The van der Waals surface area contributed by atoms with Gasteiger partial charge in [-0.1, -0.05) is 12.1 Å². The maximum absolute atomic E-state index is 13.1. The fourth-order valence-electron chi connectivity index (χ4n) is 2.66. The molecule has 26 heavy (non-hydrogen) atoms. The number of amides is 1. The zero-order valence-electron chi connectivity index (χ0n) is 14.6. The van der Waals surface area contributed by atoms with Crippen LogP contribution in [0.15, 0.2) is 61.1 Å². The van der Waals surface area contributed by atoms with Crippen molar-refractivity contribution in [3.05, 3.63) is 78.1 Å². The van der Waals surface area contributed by atoms with Crippen LogP contribution in [0, 0.1) is 5.82 Å². The predicted octanol–water partition coefficient (Wildman–Crippen LogP) is 3.90. The molecule has 0 aliphatic rings. The molecule has 3 aromatic rings. The topological polar surface area (TPSA) is 56.1 Å². The third-order valence-electron chi connectivity index (χ3n) is 3.99. The minimum atomic E-state index is -0.331. The summed E-state index contributed by atoms with van der Waals surface area (Å²) in [5.74, 6) is 0.172. The van der Waals surface area contributed by atoms with E-state index in [0.717, 1.165) is 11.3 Å². The highest BCUT2D eigenvalue weighted by Gasteiger charge is 2.16. The lowest BCUT2D eigenvalue weighted by Gasteiger charge is -2.16. The summed E-state index contributed by atoms with van der Waals surface area (Å²) in [5.41, 5.74) is 1.99. The van der Waals surface area contributed by atoms with Crippen LogP contribution in [0.5, 0.6) is 5.75 Å². The first-order valence-corrected chi connectivity index (χ1v) is 8.40. The number of rotatable bonds is 6. The van der Waals surface area contributed by atoms with Gasteiger partial charge in [-0.2, -0.15) is 0 Å². The van der Waals surface area contributed by atoms with Crippen LogP contribution < -0.4 is 10.1 Å². The molecule has 3 rings (SSSR count). The number of nitrogens with zero attached hydrogens (tertiary/aromatic N) is 2. The molecule has 134 valence electrons. The van der Waals surface area contributed by atoms with Crippen molar-refractivity contribution in [3.63, 3.8) is 0 Å². The molecule has 0 aliphatic carbocycles. The number of imidazole rings is 1. The highest BCUT2D eigenvalue weighted by molar-refractivity contribution is 5.93.